The molecule has 0 aliphatic carbocycles. The molecule has 60 valence electrons. The zero-order valence-electron chi connectivity index (χ0n) is 6.69. The molecule has 2 aromatic rings. The zero-order valence-corrected chi connectivity index (χ0v) is 6.69. The first-order valence-corrected chi connectivity index (χ1v) is 3.70. The molecule has 0 aliphatic rings. The van der Waals surface area contributed by atoms with Crippen LogP contribution in [0.25, 0.3) is 11.5 Å². The monoisotopic (exact) mass is 160 g/mol. The summed E-state index contributed by atoms with van der Waals surface area (Å²) in [5.41, 5.74) is 2.14. The molecule has 0 spiro atoms. The second-order valence-electron chi connectivity index (χ2n) is 2.56. The maximum absolute atomic E-state index is 5.08. The van der Waals surface area contributed by atoms with Crippen LogP contribution in [0.2, 0.25) is 0 Å². The first-order valence-electron chi connectivity index (χ1n) is 3.70. The molecule has 0 radical (unpaired) electrons. The van der Waals surface area contributed by atoms with Crippen LogP contribution in [0.4, 0.5) is 0 Å². The zero-order chi connectivity index (χ0) is 8.39. The van der Waals surface area contributed by atoms with Crippen LogP contribution in [-0.2, 0) is 0 Å². The maximum Gasteiger partial charge on any atom is 0.247 e. The standard InChI is InChI=1S/C9H8N2O/c1-7-4-2-3-5-8(7)9-11-10-6-12-9/h2-6H,1H3. The van der Waals surface area contributed by atoms with E-state index in [4.69, 9.17) is 4.42 Å². The van der Waals surface area contributed by atoms with Gasteiger partial charge in [0.15, 0.2) is 0 Å². The van der Waals surface area contributed by atoms with Crippen molar-refractivity contribution in [1.29, 1.82) is 0 Å². The predicted octanol–water partition coefficient (Wildman–Crippen LogP) is 2.05. The summed E-state index contributed by atoms with van der Waals surface area (Å²) in [7, 11) is 0. The van der Waals surface area contributed by atoms with Gasteiger partial charge in [0.1, 0.15) is 0 Å². The van der Waals surface area contributed by atoms with E-state index in [-0.39, 0.29) is 0 Å². The van der Waals surface area contributed by atoms with E-state index in [0.717, 1.165) is 11.1 Å². The van der Waals surface area contributed by atoms with Crippen molar-refractivity contribution >= 4 is 0 Å². The first kappa shape index (κ1) is 7.03. The Labute approximate surface area is 70.1 Å². The van der Waals surface area contributed by atoms with E-state index in [1.807, 2.05) is 31.2 Å². The van der Waals surface area contributed by atoms with Crippen molar-refractivity contribution in [3.8, 4) is 11.5 Å². The van der Waals surface area contributed by atoms with E-state index in [0.29, 0.717) is 5.89 Å². The summed E-state index contributed by atoms with van der Waals surface area (Å²) >= 11 is 0. The maximum atomic E-state index is 5.08. The van der Waals surface area contributed by atoms with Crippen LogP contribution in [0.15, 0.2) is 35.1 Å². The van der Waals surface area contributed by atoms with Crippen molar-refractivity contribution in [2.45, 2.75) is 6.92 Å². The number of aromatic nitrogens is 2. The number of hydrogen-bond donors (Lipinski definition) is 0. The van der Waals surface area contributed by atoms with Crippen LogP contribution in [0.1, 0.15) is 5.56 Å². The normalized spacial score (nSPS) is 10.1. The molecule has 0 aliphatic heterocycles. The van der Waals surface area contributed by atoms with Crippen molar-refractivity contribution in [3.63, 3.8) is 0 Å². The van der Waals surface area contributed by atoms with Crippen LogP contribution in [-0.4, -0.2) is 10.2 Å². The van der Waals surface area contributed by atoms with Gasteiger partial charge in [-0.05, 0) is 18.6 Å². The molecule has 1 aromatic heterocycles. The smallest absolute Gasteiger partial charge is 0.247 e. The fourth-order valence-corrected chi connectivity index (χ4v) is 1.10. The summed E-state index contributed by atoms with van der Waals surface area (Å²) in [5.74, 6) is 0.577. The molecule has 0 atom stereocenters. The van der Waals surface area contributed by atoms with Crippen molar-refractivity contribution in [2.75, 3.05) is 0 Å². The molecule has 12 heavy (non-hydrogen) atoms. The molecule has 3 nitrogen and oxygen atoms in total. The lowest BCUT2D eigenvalue weighted by Crippen LogP contribution is -1.81. The van der Waals surface area contributed by atoms with Crippen molar-refractivity contribution in [1.82, 2.24) is 10.2 Å². The van der Waals surface area contributed by atoms with Gasteiger partial charge in [0.05, 0.1) is 0 Å². The first-order chi connectivity index (χ1) is 5.88. The minimum atomic E-state index is 0.577. The van der Waals surface area contributed by atoms with Crippen LogP contribution >= 0.6 is 0 Å². The molecule has 0 saturated carbocycles. The lowest BCUT2D eigenvalue weighted by molar-refractivity contribution is 0.568. The lowest BCUT2D eigenvalue weighted by atomic mass is 10.1. The summed E-state index contributed by atoms with van der Waals surface area (Å²) in [6, 6.07) is 7.91. The Morgan fingerprint density at radius 3 is 2.75 bits per heavy atom. The van der Waals surface area contributed by atoms with Crippen LogP contribution in [0.5, 0.6) is 0 Å². The van der Waals surface area contributed by atoms with E-state index in [1.165, 1.54) is 6.39 Å². The second kappa shape index (κ2) is 2.77. The average molecular weight is 160 g/mol. The van der Waals surface area contributed by atoms with E-state index in [2.05, 4.69) is 10.2 Å². The Balaban J connectivity index is 2.55. The van der Waals surface area contributed by atoms with Crippen LogP contribution in [0.3, 0.4) is 0 Å². The van der Waals surface area contributed by atoms with Gasteiger partial charge in [-0.1, -0.05) is 18.2 Å². The number of nitrogens with zero attached hydrogens (tertiary/aromatic N) is 2. The molecule has 3 heteroatoms. The van der Waals surface area contributed by atoms with Gasteiger partial charge in [-0.25, -0.2) is 0 Å². The molecule has 0 saturated heterocycles. The Bertz CT molecular complexity index is 368. The predicted molar refractivity (Wildman–Crippen MR) is 44.5 cm³/mol. The third kappa shape index (κ3) is 1.09. The topological polar surface area (TPSA) is 38.9 Å². The highest BCUT2D eigenvalue weighted by Gasteiger charge is 2.04. The molecular formula is C9H8N2O. The highest BCUT2D eigenvalue weighted by molar-refractivity contribution is 5.57. The van der Waals surface area contributed by atoms with Gasteiger partial charge in [-0.2, -0.15) is 0 Å². The fourth-order valence-electron chi connectivity index (χ4n) is 1.10. The molecule has 0 bridgehead atoms. The van der Waals surface area contributed by atoms with Gasteiger partial charge in [0.2, 0.25) is 12.3 Å². The summed E-state index contributed by atoms with van der Waals surface area (Å²) in [6.07, 6.45) is 1.34. The summed E-state index contributed by atoms with van der Waals surface area (Å²) in [4.78, 5) is 0. The van der Waals surface area contributed by atoms with Gasteiger partial charge in [0.25, 0.3) is 0 Å². The highest BCUT2D eigenvalue weighted by atomic mass is 16.4. The van der Waals surface area contributed by atoms with Crippen LogP contribution < -0.4 is 0 Å². The highest BCUT2D eigenvalue weighted by Crippen LogP contribution is 2.19. The van der Waals surface area contributed by atoms with Gasteiger partial charge in [-0.3, -0.25) is 0 Å². The van der Waals surface area contributed by atoms with Crippen LogP contribution in [0, 0.1) is 6.92 Å². The SMILES string of the molecule is Cc1ccccc1-c1nnco1. The summed E-state index contributed by atoms with van der Waals surface area (Å²) in [6.45, 7) is 2.01. The molecule has 0 unspecified atom stereocenters. The molecule has 1 aromatic carbocycles. The third-order valence-corrected chi connectivity index (χ3v) is 1.74. The van der Waals surface area contributed by atoms with Crippen molar-refractivity contribution in [3.05, 3.63) is 36.2 Å². The van der Waals surface area contributed by atoms with Gasteiger partial charge in [-0.15, -0.1) is 10.2 Å². The summed E-state index contributed by atoms with van der Waals surface area (Å²) < 4.78 is 5.08. The number of aryl methyl sites for hydroxylation is 1. The third-order valence-electron chi connectivity index (χ3n) is 1.74. The van der Waals surface area contributed by atoms with E-state index in [9.17, 15) is 0 Å². The van der Waals surface area contributed by atoms with Crippen molar-refractivity contribution < 1.29 is 4.42 Å². The molecular weight excluding hydrogens is 152 g/mol. The minimum Gasteiger partial charge on any atom is -0.423 e. The largest absolute Gasteiger partial charge is 0.423 e. The second-order valence-corrected chi connectivity index (χ2v) is 2.56. The number of rotatable bonds is 1. The van der Waals surface area contributed by atoms with E-state index < -0.39 is 0 Å². The molecule has 1 heterocycles. The summed E-state index contributed by atoms with van der Waals surface area (Å²) in [5, 5.41) is 7.45. The molecule has 0 fully saturated rings. The van der Waals surface area contributed by atoms with Crippen molar-refractivity contribution in [2.24, 2.45) is 0 Å². The molecule has 0 N–H and O–H groups in total. The van der Waals surface area contributed by atoms with E-state index >= 15 is 0 Å². The Hall–Kier alpha value is -1.64. The van der Waals surface area contributed by atoms with Gasteiger partial charge in [0, 0.05) is 5.56 Å². The van der Waals surface area contributed by atoms with Gasteiger partial charge < -0.3 is 4.42 Å². The van der Waals surface area contributed by atoms with E-state index in [1.54, 1.807) is 0 Å². The Morgan fingerprint density at radius 1 is 1.25 bits per heavy atom. The fraction of sp³-hybridized carbons (Fsp3) is 0.111. The average Bonchev–Trinajstić information content (AvgIpc) is 2.57. The Morgan fingerprint density at radius 2 is 2.08 bits per heavy atom. The Kier molecular flexibility index (Phi) is 1.63. The molecule has 0 amide bonds. The lowest BCUT2D eigenvalue weighted by Gasteiger charge is -1.97. The number of hydrogen-bond acceptors (Lipinski definition) is 3. The quantitative estimate of drug-likeness (QED) is 0.640. The minimum absolute atomic E-state index is 0.577. The number of benzene rings is 1. The molecule has 2 rings (SSSR count). The van der Waals surface area contributed by atoms with Gasteiger partial charge >= 0.3 is 0 Å².